The van der Waals surface area contributed by atoms with Gasteiger partial charge in [-0.1, -0.05) is 13.0 Å². The molecule has 6 nitrogen and oxygen atoms in total. The third kappa shape index (κ3) is 4.48. The van der Waals surface area contributed by atoms with E-state index in [1.165, 1.54) is 0 Å². The molecule has 25 heavy (non-hydrogen) atoms. The summed E-state index contributed by atoms with van der Waals surface area (Å²) in [5.74, 6) is 0.512. The number of anilines is 1. The summed E-state index contributed by atoms with van der Waals surface area (Å²) in [6.07, 6.45) is 4.24. The maximum atomic E-state index is 12.6. The third-order valence-electron chi connectivity index (χ3n) is 3.89. The van der Waals surface area contributed by atoms with E-state index in [0.29, 0.717) is 23.6 Å². The van der Waals surface area contributed by atoms with Gasteiger partial charge in [0, 0.05) is 25.1 Å². The third-order valence-corrected chi connectivity index (χ3v) is 3.89. The zero-order valence-corrected chi connectivity index (χ0v) is 14.7. The lowest BCUT2D eigenvalue weighted by Gasteiger charge is -2.27. The van der Waals surface area contributed by atoms with Gasteiger partial charge in [0.15, 0.2) is 0 Å². The van der Waals surface area contributed by atoms with E-state index in [1.54, 1.807) is 42.5 Å². The number of amides is 2. The number of carbonyl (C=O) groups is 1. The molecule has 0 spiro atoms. The molecule has 1 heterocycles. The summed E-state index contributed by atoms with van der Waals surface area (Å²) in [4.78, 5) is 18.3. The molecule has 0 bridgehead atoms. The zero-order chi connectivity index (χ0) is 18.2. The van der Waals surface area contributed by atoms with Crippen molar-refractivity contribution < 1.29 is 9.53 Å². The minimum Gasteiger partial charge on any atom is -0.492 e. The molecule has 2 amide bonds. The first-order chi connectivity index (χ1) is 12.1. The molecule has 0 aliphatic heterocycles. The van der Waals surface area contributed by atoms with Crippen LogP contribution in [-0.2, 0) is 0 Å². The molecule has 1 atom stereocenters. The quantitative estimate of drug-likeness (QED) is 0.864. The lowest BCUT2D eigenvalue weighted by Crippen LogP contribution is -2.34. The summed E-state index contributed by atoms with van der Waals surface area (Å²) in [6, 6.07) is 10.6. The number of ether oxygens (including phenoxy) is 1. The number of carbonyl (C=O) groups excluding carboxylic acids is 1. The SMILES string of the molecule is CCOc1ccc(NC(=O)N(C)C(CC)c2cccnc2)cc1C#N. The van der Waals surface area contributed by atoms with Crippen molar-refractivity contribution >= 4 is 11.7 Å². The van der Waals surface area contributed by atoms with Crippen molar-refractivity contribution in [1.29, 1.82) is 5.26 Å². The summed E-state index contributed by atoms with van der Waals surface area (Å²) in [7, 11) is 1.75. The van der Waals surface area contributed by atoms with Crippen molar-refractivity contribution in [3.05, 3.63) is 53.9 Å². The van der Waals surface area contributed by atoms with Gasteiger partial charge in [-0.2, -0.15) is 5.26 Å². The number of hydrogen-bond donors (Lipinski definition) is 1. The van der Waals surface area contributed by atoms with Crippen LogP contribution in [0.25, 0.3) is 0 Å². The molecule has 6 heteroatoms. The van der Waals surface area contributed by atoms with Crippen LogP contribution in [0.5, 0.6) is 5.75 Å². The highest BCUT2D eigenvalue weighted by molar-refractivity contribution is 5.89. The fourth-order valence-electron chi connectivity index (χ4n) is 2.64. The molecule has 0 radical (unpaired) electrons. The summed E-state index contributed by atoms with van der Waals surface area (Å²) in [6.45, 7) is 4.35. The molecule has 0 aliphatic carbocycles. The minimum absolute atomic E-state index is 0.0770. The molecule has 1 aromatic heterocycles. The Morgan fingerprint density at radius 1 is 1.40 bits per heavy atom. The largest absolute Gasteiger partial charge is 0.492 e. The van der Waals surface area contributed by atoms with Gasteiger partial charge in [-0.05, 0) is 43.2 Å². The highest BCUT2D eigenvalue weighted by Crippen LogP contribution is 2.25. The monoisotopic (exact) mass is 338 g/mol. The average Bonchev–Trinajstić information content (AvgIpc) is 2.64. The number of aromatic nitrogens is 1. The maximum absolute atomic E-state index is 12.6. The molecule has 1 unspecified atom stereocenters. The molecule has 130 valence electrons. The standard InChI is InChI=1S/C19H22N4O2/c1-4-17(14-7-6-10-21-13-14)23(3)19(24)22-16-8-9-18(25-5-2)15(11-16)12-20/h6-11,13,17H,4-5H2,1-3H3,(H,22,24). The van der Waals surface area contributed by atoms with Crippen LogP contribution < -0.4 is 10.1 Å². The number of urea groups is 1. The van der Waals surface area contributed by atoms with E-state index < -0.39 is 0 Å². The second kappa shape index (κ2) is 8.69. The lowest BCUT2D eigenvalue weighted by molar-refractivity contribution is 0.202. The summed E-state index contributed by atoms with van der Waals surface area (Å²) in [5.41, 5.74) is 1.92. The number of benzene rings is 1. The topological polar surface area (TPSA) is 78.2 Å². The number of nitrogens with zero attached hydrogens (tertiary/aromatic N) is 3. The average molecular weight is 338 g/mol. The van der Waals surface area contributed by atoms with Gasteiger partial charge < -0.3 is 15.0 Å². The van der Waals surface area contributed by atoms with E-state index >= 15 is 0 Å². The first-order valence-corrected chi connectivity index (χ1v) is 8.21. The summed E-state index contributed by atoms with van der Waals surface area (Å²) in [5, 5.41) is 12.1. The molecule has 2 aromatic rings. The Bertz CT molecular complexity index is 756. The molecule has 2 rings (SSSR count). The van der Waals surface area contributed by atoms with Gasteiger partial charge in [0.2, 0.25) is 0 Å². The second-order valence-corrected chi connectivity index (χ2v) is 5.51. The number of nitriles is 1. The smallest absolute Gasteiger partial charge is 0.322 e. The Labute approximate surface area is 148 Å². The molecular weight excluding hydrogens is 316 g/mol. The Balaban J connectivity index is 2.14. The van der Waals surface area contributed by atoms with E-state index in [-0.39, 0.29) is 12.1 Å². The van der Waals surface area contributed by atoms with Crippen LogP contribution in [0.15, 0.2) is 42.7 Å². The predicted octanol–water partition coefficient (Wildman–Crippen LogP) is 3.97. The highest BCUT2D eigenvalue weighted by atomic mass is 16.5. The van der Waals surface area contributed by atoms with Gasteiger partial charge in [-0.3, -0.25) is 4.98 Å². The van der Waals surface area contributed by atoms with E-state index in [4.69, 9.17) is 4.74 Å². The molecule has 0 fully saturated rings. The van der Waals surface area contributed by atoms with Gasteiger partial charge in [-0.15, -0.1) is 0 Å². The van der Waals surface area contributed by atoms with Gasteiger partial charge in [0.25, 0.3) is 0 Å². The van der Waals surface area contributed by atoms with Crippen molar-refractivity contribution in [1.82, 2.24) is 9.88 Å². The molecule has 1 N–H and O–H groups in total. The van der Waals surface area contributed by atoms with Crippen LogP contribution in [0.4, 0.5) is 10.5 Å². The molecule has 0 saturated carbocycles. The Morgan fingerprint density at radius 3 is 2.80 bits per heavy atom. The molecule has 0 saturated heterocycles. The van der Waals surface area contributed by atoms with Crippen LogP contribution in [0, 0.1) is 11.3 Å². The van der Waals surface area contributed by atoms with Gasteiger partial charge >= 0.3 is 6.03 Å². The van der Waals surface area contributed by atoms with Gasteiger partial charge in [-0.25, -0.2) is 4.79 Å². The Hall–Kier alpha value is -3.07. The predicted molar refractivity (Wildman–Crippen MR) is 96.4 cm³/mol. The van der Waals surface area contributed by atoms with Crippen LogP contribution >= 0.6 is 0 Å². The summed E-state index contributed by atoms with van der Waals surface area (Å²) >= 11 is 0. The Kier molecular flexibility index (Phi) is 6.35. The van der Waals surface area contributed by atoms with Crippen LogP contribution in [0.1, 0.15) is 37.4 Å². The first kappa shape index (κ1) is 18.3. The van der Waals surface area contributed by atoms with Crippen LogP contribution in [-0.4, -0.2) is 29.6 Å². The van der Waals surface area contributed by atoms with E-state index in [9.17, 15) is 10.1 Å². The molecule has 1 aromatic carbocycles. The fourth-order valence-corrected chi connectivity index (χ4v) is 2.64. The van der Waals surface area contributed by atoms with E-state index in [1.807, 2.05) is 26.0 Å². The first-order valence-electron chi connectivity index (χ1n) is 8.21. The maximum Gasteiger partial charge on any atom is 0.322 e. The van der Waals surface area contributed by atoms with Crippen LogP contribution in [0.2, 0.25) is 0 Å². The van der Waals surface area contributed by atoms with Crippen LogP contribution in [0.3, 0.4) is 0 Å². The van der Waals surface area contributed by atoms with Crippen molar-refractivity contribution in [3.63, 3.8) is 0 Å². The highest BCUT2D eigenvalue weighted by Gasteiger charge is 2.20. The minimum atomic E-state index is -0.247. The Morgan fingerprint density at radius 2 is 2.20 bits per heavy atom. The molecule has 0 aliphatic rings. The van der Waals surface area contributed by atoms with Gasteiger partial charge in [0.05, 0.1) is 18.2 Å². The fraction of sp³-hybridized carbons (Fsp3) is 0.316. The number of nitrogens with one attached hydrogen (secondary N) is 1. The normalized spacial score (nSPS) is 11.3. The molecular formula is C19H22N4O2. The number of pyridine rings is 1. The number of rotatable bonds is 6. The second-order valence-electron chi connectivity index (χ2n) is 5.51. The zero-order valence-electron chi connectivity index (χ0n) is 14.7. The van der Waals surface area contributed by atoms with Gasteiger partial charge in [0.1, 0.15) is 11.8 Å². The lowest BCUT2D eigenvalue weighted by atomic mass is 10.1. The van der Waals surface area contributed by atoms with E-state index in [2.05, 4.69) is 16.4 Å². The van der Waals surface area contributed by atoms with Crippen molar-refractivity contribution in [3.8, 4) is 11.8 Å². The summed E-state index contributed by atoms with van der Waals surface area (Å²) < 4.78 is 5.40. The van der Waals surface area contributed by atoms with Crippen molar-refractivity contribution in [2.24, 2.45) is 0 Å². The van der Waals surface area contributed by atoms with Crippen molar-refractivity contribution in [2.75, 3.05) is 19.0 Å². The number of hydrogen-bond acceptors (Lipinski definition) is 4. The van der Waals surface area contributed by atoms with Crippen molar-refractivity contribution in [2.45, 2.75) is 26.3 Å². The van der Waals surface area contributed by atoms with E-state index in [0.717, 1.165) is 12.0 Å².